The number of H-pyrrole nitrogens is 1. The second-order valence-corrected chi connectivity index (χ2v) is 8.45. The first kappa shape index (κ1) is 19.6. The molecule has 5 nitrogen and oxygen atoms in total. The Bertz CT molecular complexity index is 1020. The maximum absolute atomic E-state index is 8.51. The molecule has 0 atom stereocenters. The molecule has 1 aromatic heterocycles. The third kappa shape index (κ3) is 4.31. The van der Waals surface area contributed by atoms with E-state index in [0.29, 0.717) is 18.4 Å². The number of aromatic amines is 1. The van der Waals surface area contributed by atoms with Gasteiger partial charge in [-0.05, 0) is 77.7 Å². The van der Waals surface area contributed by atoms with E-state index in [0.717, 1.165) is 32.5 Å². The van der Waals surface area contributed by atoms with Gasteiger partial charge in [0.05, 0.1) is 0 Å². The highest BCUT2D eigenvalue weighted by molar-refractivity contribution is 5.96. The average Bonchev–Trinajstić information content (AvgIpc) is 3.22. The van der Waals surface area contributed by atoms with Crippen molar-refractivity contribution in [3.63, 3.8) is 0 Å². The van der Waals surface area contributed by atoms with E-state index < -0.39 is 0 Å². The van der Waals surface area contributed by atoms with Gasteiger partial charge in [0.1, 0.15) is 0 Å². The maximum Gasteiger partial charge on any atom is 0.0460 e. The highest BCUT2D eigenvalue weighted by Crippen LogP contribution is 2.35. The van der Waals surface area contributed by atoms with E-state index in [2.05, 4.69) is 76.2 Å². The smallest absolute Gasteiger partial charge is 0.0460 e. The Kier molecular flexibility index (Phi) is 5.89. The van der Waals surface area contributed by atoms with Crippen LogP contribution in [-0.4, -0.2) is 29.5 Å². The van der Waals surface area contributed by atoms with E-state index in [4.69, 9.17) is 5.53 Å². The minimum absolute atomic E-state index is 0.466. The van der Waals surface area contributed by atoms with Crippen molar-refractivity contribution in [2.45, 2.75) is 39.2 Å². The summed E-state index contributed by atoms with van der Waals surface area (Å²) in [6, 6.07) is 15.7. The fraction of sp³-hybridized carbons (Fsp3) is 0.417. The van der Waals surface area contributed by atoms with E-state index in [9.17, 15) is 0 Å². The van der Waals surface area contributed by atoms with E-state index >= 15 is 0 Å². The first-order valence-corrected chi connectivity index (χ1v) is 10.6. The lowest BCUT2D eigenvalue weighted by Gasteiger charge is -2.31. The molecular formula is C24H29N5. The molecule has 4 rings (SSSR count). The summed E-state index contributed by atoms with van der Waals surface area (Å²) >= 11 is 0. The Labute approximate surface area is 172 Å². The first-order chi connectivity index (χ1) is 14.2. The van der Waals surface area contributed by atoms with Crippen LogP contribution in [0.2, 0.25) is 0 Å². The lowest BCUT2D eigenvalue weighted by atomic mass is 9.89. The molecule has 2 aromatic carbocycles. The molecule has 0 spiro atoms. The second-order valence-electron chi connectivity index (χ2n) is 8.45. The van der Waals surface area contributed by atoms with Crippen molar-refractivity contribution in [2.75, 3.05) is 19.6 Å². The molecular weight excluding hydrogens is 358 g/mol. The highest BCUT2D eigenvalue weighted by Gasteiger charge is 2.19. The molecule has 0 radical (unpaired) electrons. The van der Waals surface area contributed by atoms with Crippen LogP contribution in [-0.2, 0) is 6.54 Å². The molecule has 29 heavy (non-hydrogen) atoms. The molecule has 1 N–H and O–H groups in total. The molecule has 5 heteroatoms. The Morgan fingerprint density at radius 2 is 1.97 bits per heavy atom. The molecule has 1 aliphatic heterocycles. The van der Waals surface area contributed by atoms with E-state index in [1.807, 2.05) is 6.20 Å². The average molecular weight is 388 g/mol. The minimum atomic E-state index is 0.466. The molecule has 0 bridgehead atoms. The molecule has 0 aliphatic carbocycles. The van der Waals surface area contributed by atoms with Gasteiger partial charge >= 0.3 is 0 Å². The van der Waals surface area contributed by atoms with Gasteiger partial charge in [0, 0.05) is 35.1 Å². The van der Waals surface area contributed by atoms with Crippen molar-refractivity contribution in [3.8, 4) is 11.1 Å². The van der Waals surface area contributed by atoms with Crippen molar-refractivity contribution in [3.05, 3.63) is 70.2 Å². The summed E-state index contributed by atoms with van der Waals surface area (Å²) < 4.78 is 0. The Balaban J connectivity index is 1.54. The summed E-state index contributed by atoms with van der Waals surface area (Å²) in [4.78, 5) is 8.75. The number of benzene rings is 2. The van der Waals surface area contributed by atoms with E-state index in [-0.39, 0.29) is 0 Å². The predicted octanol–water partition coefficient (Wildman–Crippen LogP) is 6.48. The lowest BCUT2D eigenvalue weighted by molar-refractivity contribution is 0.180. The van der Waals surface area contributed by atoms with Crippen LogP contribution in [0.4, 0.5) is 0 Å². The molecule has 0 amide bonds. The van der Waals surface area contributed by atoms with Crippen LogP contribution in [0.5, 0.6) is 0 Å². The zero-order valence-electron chi connectivity index (χ0n) is 17.3. The number of hydrogen-bond acceptors (Lipinski definition) is 2. The number of azide groups is 1. The van der Waals surface area contributed by atoms with Gasteiger partial charge in [0.2, 0.25) is 0 Å². The number of nitrogens with zero attached hydrogens (tertiary/aromatic N) is 4. The van der Waals surface area contributed by atoms with Crippen LogP contribution < -0.4 is 0 Å². The quantitative estimate of drug-likeness (QED) is 0.293. The molecule has 1 fully saturated rings. The number of hydrogen-bond donors (Lipinski definition) is 1. The van der Waals surface area contributed by atoms with Crippen LogP contribution in [0, 0.1) is 5.92 Å². The second kappa shape index (κ2) is 8.73. The van der Waals surface area contributed by atoms with Crippen LogP contribution in [0.3, 0.4) is 0 Å². The van der Waals surface area contributed by atoms with Crippen LogP contribution >= 0.6 is 0 Å². The summed E-state index contributed by atoms with van der Waals surface area (Å²) in [5.41, 5.74) is 15.1. The zero-order chi connectivity index (χ0) is 20.2. The fourth-order valence-corrected chi connectivity index (χ4v) is 4.49. The lowest BCUT2D eigenvalue weighted by Crippen LogP contribution is -2.34. The van der Waals surface area contributed by atoms with Crippen molar-refractivity contribution in [1.82, 2.24) is 9.88 Å². The highest BCUT2D eigenvalue weighted by atomic mass is 15.1. The van der Waals surface area contributed by atoms with Gasteiger partial charge in [0.25, 0.3) is 0 Å². The molecule has 0 saturated carbocycles. The number of rotatable bonds is 6. The van der Waals surface area contributed by atoms with E-state index in [1.165, 1.54) is 33.2 Å². The third-order valence-corrected chi connectivity index (χ3v) is 6.14. The topological polar surface area (TPSA) is 67.8 Å². The monoisotopic (exact) mass is 387 g/mol. The summed E-state index contributed by atoms with van der Waals surface area (Å²) in [5, 5.41) is 5.03. The summed E-state index contributed by atoms with van der Waals surface area (Å²) in [5.74, 6) is 1.01. The zero-order valence-corrected chi connectivity index (χ0v) is 17.3. The molecule has 1 aliphatic rings. The van der Waals surface area contributed by atoms with Crippen molar-refractivity contribution in [2.24, 2.45) is 11.0 Å². The van der Waals surface area contributed by atoms with Gasteiger partial charge in [-0.3, -0.25) is 4.90 Å². The van der Waals surface area contributed by atoms with Crippen LogP contribution in [0.1, 0.15) is 43.7 Å². The largest absolute Gasteiger partial charge is 0.361 e. The number of piperidine rings is 1. The molecule has 150 valence electrons. The van der Waals surface area contributed by atoms with Gasteiger partial charge < -0.3 is 4.98 Å². The van der Waals surface area contributed by atoms with Crippen molar-refractivity contribution in [1.29, 1.82) is 0 Å². The van der Waals surface area contributed by atoms with Gasteiger partial charge in [-0.2, -0.15) is 0 Å². The van der Waals surface area contributed by atoms with Crippen molar-refractivity contribution >= 4 is 10.9 Å². The Morgan fingerprint density at radius 3 is 2.72 bits per heavy atom. The standard InChI is InChI=1S/C24H29N5/c1-17(2)23-14-19(16-29-12-9-18(10-13-29)15-27-28-25)6-7-21(23)20-4-3-5-24-22(20)8-11-26-24/h3-8,11,14,17-18,26H,9-10,12-13,15-16H2,1-2H3. The van der Waals surface area contributed by atoms with Gasteiger partial charge in [0.15, 0.2) is 0 Å². The molecule has 0 unspecified atom stereocenters. The minimum Gasteiger partial charge on any atom is -0.361 e. The normalized spacial score (nSPS) is 15.7. The number of fused-ring (bicyclic) bond motifs is 1. The summed E-state index contributed by atoms with van der Waals surface area (Å²) in [7, 11) is 0. The molecule has 2 heterocycles. The predicted molar refractivity (Wildman–Crippen MR) is 120 cm³/mol. The van der Waals surface area contributed by atoms with E-state index in [1.54, 1.807) is 0 Å². The van der Waals surface area contributed by atoms with Gasteiger partial charge in [-0.1, -0.05) is 49.3 Å². The summed E-state index contributed by atoms with van der Waals surface area (Å²) in [6.07, 6.45) is 4.25. The first-order valence-electron chi connectivity index (χ1n) is 10.6. The van der Waals surface area contributed by atoms with Gasteiger partial charge in [-0.15, -0.1) is 0 Å². The fourth-order valence-electron chi connectivity index (χ4n) is 4.49. The maximum atomic E-state index is 8.51. The molecule has 3 aromatic rings. The van der Waals surface area contributed by atoms with Gasteiger partial charge in [-0.25, -0.2) is 0 Å². The van der Waals surface area contributed by atoms with Crippen LogP contribution in [0.25, 0.3) is 32.5 Å². The number of aromatic nitrogens is 1. The molecule has 1 saturated heterocycles. The van der Waals surface area contributed by atoms with Crippen molar-refractivity contribution < 1.29 is 0 Å². The Morgan fingerprint density at radius 1 is 1.14 bits per heavy atom. The number of nitrogens with one attached hydrogen (secondary N) is 1. The SMILES string of the molecule is CC(C)c1cc(CN2CCC(CN=[N+]=[N-])CC2)ccc1-c1cccc2[nH]ccc12. The Hall–Kier alpha value is -2.75. The number of likely N-dealkylation sites (tertiary alicyclic amines) is 1. The van der Waals surface area contributed by atoms with Crippen LogP contribution in [0.15, 0.2) is 53.8 Å². The summed E-state index contributed by atoms with van der Waals surface area (Å²) in [6.45, 7) is 8.34. The third-order valence-electron chi connectivity index (χ3n) is 6.14.